The Labute approximate surface area is 167 Å². The molecule has 0 atom stereocenters. The van der Waals surface area contributed by atoms with E-state index < -0.39 is 0 Å². The first-order valence-corrected chi connectivity index (χ1v) is 10.1. The highest BCUT2D eigenvalue weighted by Crippen LogP contribution is 2.42. The quantitative estimate of drug-likeness (QED) is 0.404. The van der Waals surface area contributed by atoms with Crippen molar-refractivity contribution >= 4 is 66.5 Å². The van der Waals surface area contributed by atoms with Crippen molar-refractivity contribution in [3.8, 4) is 21.7 Å². The molecule has 0 bridgehead atoms. The number of pyridine rings is 1. The van der Waals surface area contributed by atoms with Crippen molar-refractivity contribution in [3.63, 3.8) is 0 Å². The minimum atomic E-state index is 0.157. The van der Waals surface area contributed by atoms with Gasteiger partial charge in [0.2, 0.25) is 5.95 Å². The molecule has 5 nitrogen and oxygen atoms in total. The summed E-state index contributed by atoms with van der Waals surface area (Å²) in [5.41, 5.74) is 15.6. The molecule has 0 aliphatic carbocycles. The van der Waals surface area contributed by atoms with Crippen molar-refractivity contribution in [1.82, 2.24) is 15.0 Å². The summed E-state index contributed by atoms with van der Waals surface area (Å²) in [4.78, 5) is 15.4. The van der Waals surface area contributed by atoms with E-state index in [2.05, 4.69) is 22.1 Å². The molecule has 0 spiro atoms. The van der Waals surface area contributed by atoms with E-state index in [1.54, 1.807) is 11.3 Å². The number of hydrogen-bond acceptors (Lipinski definition) is 7. The normalized spacial score (nSPS) is 11.4. The van der Waals surface area contributed by atoms with Gasteiger partial charge in [-0.3, -0.25) is 0 Å². The van der Waals surface area contributed by atoms with E-state index in [1.165, 1.54) is 11.3 Å². The lowest BCUT2D eigenvalue weighted by molar-refractivity contribution is 1.26. The zero-order chi connectivity index (χ0) is 18.5. The van der Waals surface area contributed by atoms with Gasteiger partial charge in [-0.15, -0.1) is 22.7 Å². The molecule has 27 heavy (non-hydrogen) atoms. The molecule has 0 fully saturated rings. The predicted molar refractivity (Wildman–Crippen MR) is 115 cm³/mol. The molecule has 1 aromatic carbocycles. The summed E-state index contributed by atoms with van der Waals surface area (Å²) < 4.78 is 0.797. The molecular weight excluding hydrogens is 398 g/mol. The standard InChI is InChI=1S/C19H12ClN5S2/c20-10-5-3-9(4-6-10)11-8-12(13-2-1-7-26-13)23-18-14(11)15-16(27-18)17(21)25-19(22)24-15/h1-8H,(H4,21,22,24,25). The Bertz CT molecular complexity index is 1290. The number of benzene rings is 1. The zero-order valence-corrected chi connectivity index (χ0v) is 16.2. The number of nitrogens with two attached hydrogens (primary N) is 2. The van der Waals surface area contributed by atoms with E-state index in [-0.39, 0.29) is 5.95 Å². The van der Waals surface area contributed by atoms with Crippen LogP contribution in [0.15, 0.2) is 47.8 Å². The Morgan fingerprint density at radius 2 is 1.78 bits per heavy atom. The second-order valence-electron chi connectivity index (χ2n) is 5.97. The largest absolute Gasteiger partial charge is 0.382 e. The fourth-order valence-electron chi connectivity index (χ4n) is 3.08. The highest BCUT2D eigenvalue weighted by molar-refractivity contribution is 7.26. The molecule has 0 aliphatic heterocycles. The fourth-order valence-corrected chi connectivity index (χ4v) is 4.94. The van der Waals surface area contributed by atoms with Crippen LogP contribution in [0.5, 0.6) is 0 Å². The monoisotopic (exact) mass is 409 g/mol. The number of thiophene rings is 2. The van der Waals surface area contributed by atoms with Gasteiger partial charge in [-0.25, -0.2) is 9.97 Å². The summed E-state index contributed by atoms with van der Waals surface area (Å²) in [6, 6.07) is 13.9. The molecule has 132 valence electrons. The van der Waals surface area contributed by atoms with Crippen molar-refractivity contribution in [2.45, 2.75) is 0 Å². The molecule has 5 rings (SSSR count). The topological polar surface area (TPSA) is 90.7 Å². The molecule has 0 amide bonds. The van der Waals surface area contributed by atoms with Crippen LogP contribution in [0.3, 0.4) is 0 Å². The molecular formula is C19H12ClN5S2. The number of halogens is 1. The molecule has 8 heteroatoms. The molecule has 0 unspecified atom stereocenters. The summed E-state index contributed by atoms with van der Waals surface area (Å²) in [6.45, 7) is 0. The second kappa shape index (κ2) is 6.16. The van der Waals surface area contributed by atoms with Gasteiger partial charge in [0, 0.05) is 10.4 Å². The van der Waals surface area contributed by atoms with Crippen LogP contribution in [-0.2, 0) is 0 Å². The van der Waals surface area contributed by atoms with E-state index in [4.69, 9.17) is 28.1 Å². The zero-order valence-electron chi connectivity index (χ0n) is 13.8. The van der Waals surface area contributed by atoms with Gasteiger partial charge in [-0.05, 0) is 40.8 Å². The average molecular weight is 410 g/mol. The Kier molecular flexibility index (Phi) is 3.75. The highest BCUT2D eigenvalue weighted by atomic mass is 35.5. The van der Waals surface area contributed by atoms with Gasteiger partial charge in [0.05, 0.1) is 20.8 Å². The number of nitrogen functional groups attached to an aromatic ring is 2. The molecule has 0 radical (unpaired) electrons. The highest BCUT2D eigenvalue weighted by Gasteiger charge is 2.18. The minimum absolute atomic E-state index is 0.157. The maximum Gasteiger partial charge on any atom is 0.222 e. The molecule has 4 N–H and O–H groups in total. The van der Waals surface area contributed by atoms with Crippen LogP contribution in [-0.4, -0.2) is 15.0 Å². The summed E-state index contributed by atoms with van der Waals surface area (Å²) in [5, 5.41) is 3.66. The third-order valence-corrected chi connectivity index (χ3v) is 6.50. The van der Waals surface area contributed by atoms with E-state index in [9.17, 15) is 0 Å². The number of nitrogens with zero attached hydrogens (tertiary/aromatic N) is 3. The molecule has 0 saturated heterocycles. The predicted octanol–water partition coefficient (Wildman–Crippen LogP) is 5.45. The molecule has 0 saturated carbocycles. The van der Waals surface area contributed by atoms with E-state index in [0.717, 1.165) is 42.1 Å². The smallest absolute Gasteiger partial charge is 0.222 e. The number of fused-ring (bicyclic) bond motifs is 3. The molecule has 4 aromatic heterocycles. The van der Waals surface area contributed by atoms with Crippen LogP contribution >= 0.6 is 34.3 Å². The van der Waals surface area contributed by atoms with Crippen LogP contribution in [0.4, 0.5) is 11.8 Å². The lowest BCUT2D eigenvalue weighted by Gasteiger charge is -2.07. The lowest BCUT2D eigenvalue weighted by Crippen LogP contribution is -1.99. The fraction of sp³-hybridized carbons (Fsp3) is 0. The third kappa shape index (κ3) is 2.71. The van der Waals surface area contributed by atoms with Gasteiger partial charge in [0.1, 0.15) is 10.6 Å². The summed E-state index contributed by atoms with van der Waals surface area (Å²) in [7, 11) is 0. The number of hydrogen-bond donors (Lipinski definition) is 2. The van der Waals surface area contributed by atoms with E-state index >= 15 is 0 Å². The van der Waals surface area contributed by atoms with Gasteiger partial charge in [0.25, 0.3) is 0 Å². The lowest BCUT2D eigenvalue weighted by atomic mass is 10.0. The summed E-state index contributed by atoms with van der Waals surface area (Å²) in [5.74, 6) is 0.532. The number of aromatic nitrogens is 3. The third-order valence-electron chi connectivity index (χ3n) is 4.26. The number of anilines is 2. The van der Waals surface area contributed by atoms with Gasteiger partial charge in [0.15, 0.2) is 0 Å². The maximum absolute atomic E-state index is 6.10. The van der Waals surface area contributed by atoms with Gasteiger partial charge < -0.3 is 11.5 Å². The SMILES string of the molecule is Nc1nc(N)c2sc3nc(-c4cccs4)cc(-c4ccc(Cl)cc4)c3c2n1. The first-order chi connectivity index (χ1) is 13.1. The average Bonchev–Trinajstić information content (AvgIpc) is 3.30. The van der Waals surface area contributed by atoms with Crippen molar-refractivity contribution in [2.24, 2.45) is 0 Å². The van der Waals surface area contributed by atoms with Crippen molar-refractivity contribution in [2.75, 3.05) is 11.5 Å². The first kappa shape index (κ1) is 16.4. The second-order valence-corrected chi connectivity index (χ2v) is 8.35. The minimum Gasteiger partial charge on any atom is -0.382 e. The van der Waals surface area contributed by atoms with Crippen molar-refractivity contribution in [1.29, 1.82) is 0 Å². The first-order valence-electron chi connectivity index (χ1n) is 8.06. The van der Waals surface area contributed by atoms with Crippen molar-refractivity contribution < 1.29 is 0 Å². The van der Waals surface area contributed by atoms with Gasteiger partial charge in [-0.1, -0.05) is 29.8 Å². The van der Waals surface area contributed by atoms with Crippen LogP contribution in [0.25, 0.3) is 42.1 Å². The Morgan fingerprint density at radius 3 is 2.52 bits per heavy atom. The molecule has 4 heterocycles. The van der Waals surface area contributed by atoms with E-state index in [0.29, 0.717) is 10.8 Å². The van der Waals surface area contributed by atoms with Crippen LogP contribution in [0, 0.1) is 0 Å². The Balaban J connectivity index is 1.92. The Morgan fingerprint density at radius 1 is 0.963 bits per heavy atom. The maximum atomic E-state index is 6.10. The summed E-state index contributed by atoms with van der Waals surface area (Å²) in [6.07, 6.45) is 0. The van der Waals surface area contributed by atoms with Crippen LogP contribution < -0.4 is 11.5 Å². The van der Waals surface area contributed by atoms with Crippen LogP contribution in [0.1, 0.15) is 0 Å². The van der Waals surface area contributed by atoms with E-state index in [1.807, 2.05) is 35.7 Å². The molecule has 5 aromatic rings. The van der Waals surface area contributed by atoms with Crippen LogP contribution in [0.2, 0.25) is 5.02 Å². The number of rotatable bonds is 2. The molecule has 0 aliphatic rings. The summed E-state index contributed by atoms with van der Waals surface area (Å²) >= 11 is 9.22. The van der Waals surface area contributed by atoms with Crippen molar-refractivity contribution in [3.05, 3.63) is 52.9 Å². The van der Waals surface area contributed by atoms with Gasteiger partial charge in [-0.2, -0.15) is 4.98 Å². The Hall–Kier alpha value is -2.74. The van der Waals surface area contributed by atoms with Gasteiger partial charge >= 0.3 is 0 Å².